The highest BCUT2D eigenvalue weighted by molar-refractivity contribution is 14.0. The minimum atomic E-state index is 0. The highest BCUT2D eigenvalue weighted by Gasteiger charge is 2.22. The van der Waals surface area contributed by atoms with Crippen LogP contribution >= 0.6 is 24.0 Å². The summed E-state index contributed by atoms with van der Waals surface area (Å²) >= 11 is 0. The molecule has 1 saturated heterocycles. The lowest BCUT2D eigenvalue weighted by molar-refractivity contribution is 0.273. The summed E-state index contributed by atoms with van der Waals surface area (Å²) in [4.78, 5) is 7.32. The van der Waals surface area contributed by atoms with Gasteiger partial charge in [-0.2, -0.15) is 0 Å². The third kappa shape index (κ3) is 7.40. The van der Waals surface area contributed by atoms with Crippen LogP contribution in [0.5, 0.6) is 17.2 Å². The van der Waals surface area contributed by atoms with E-state index in [0.29, 0.717) is 6.04 Å². The van der Waals surface area contributed by atoms with Gasteiger partial charge in [-0.05, 0) is 39.3 Å². The van der Waals surface area contributed by atoms with Gasteiger partial charge in [-0.1, -0.05) is 6.92 Å². The number of hydrogen-bond donors (Lipinski definition) is 2. The van der Waals surface area contributed by atoms with E-state index >= 15 is 0 Å². The number of likely N-dealkylation sites (tertiary alicyclic amines) is 1. The molecule has 0 amide bonds. The maximum absolute atomic E-state index is 5.54. The molecule has 1 atom stereocenters. The maximum Gasteiger partial charge on any atom is 0.191 e. The standard InChI is InChI=1S/C21H36N4O3.HI/c1-6-22-21(24-15-16-9-8-12-25(16)7-2)23-11-10-18-19(27-4)13-17(26-3)14-20(18)28-5;/h13-14,16H,6-12,15H2,1-5H3,(H2,22,23,24);1H. The average Bonchev–Trinajstić information content (AvgIpc) is 3.19. The quantitative estimate of drug-likeness (QED) is 0.281. The van der Waals surface area contributed by atoms with Gasteiger partial charge >= 0.3 is 0 Å². The number of hydrogen-bond acceptors (Lipinski definition) is 5. The van der Waals surface area contributed by atoms with Crippen molar-refractivity contribution in [2.75, 3.05) is 54.1 Å². The van der Waals surface area contributed by atoms with Gasteiger partial charge in [-0.3, -0.25) is 9.89 Å². The van der Waals surface area contributed by atoms with Crippen molar-refractivity contribution in [1.29, 1.82) is 0 Å². The minimum Gasteiger partial charge on any atom is -0.496 e. The lowest BCUT2D eigenvalue weighted by Crippen LogP contribution is -2.40. The van der Waals surface area contributed by atoms with E-state index in [4.69, 9.17) is 19.2 Å². The number of nitrogens with zero attached hydrogens (tertiary/aromatic N) is 2. The number of guanidine groups is 1. The number of rotatable bonds is 10. The number of halogens is 1. The Morgan fingerprint density at radius 1 is 1.10 bits per heavy atom. The molecule has 1 unspecified atom stereocenters. The smallest absolute Gasteiger partial charge is 0.191 e. The minimum absolute atomic E-state index is 0. The lowest BCUT2D eigenvalue weighted by Gasteiger charge is -2.21. The molecule has 166 valence electrons. The molecule has 2 rings (SSSR count). The van der Waals surface area contributed by atoms with Gasteiger partial charge < -0.3 is 24.8 Å². The van der Waals surface area contributed by atoms with E-state index in [1.807, 2.05) is 12.1 Å². The van der Waals surface area contributed by atoms with Crippen LogP contribution in [-0.4, -0.2) is 71.0 Å². The molecule has 1 aliphatic heterocycles. The highest BCUT2D eigenvalue weighted by Crippen LogP contribution is 2.34. The third-order valence-corrected chi connectivity index (χ3v) is 5.19. The fraction of sp³-hybridized carbons (Fsp3) is 0.667. The Kier molecular flexibility index (Phi) is 12.1. The van der Waals surface area contributed by atoms with Crippen molar-refractivity contribution in [3.63, 3.8) is 0 Å². The zero-order valence-corrected chi connectivity index (χ0v) is 20.7. The van der Waals surface area contributed by atoms with Crippen LogP contribution in [0.1, 0.15) is 32.3 Å². The number of methoxy groups -OCH3 is 3. The molecule has 8 heteroatoms. The predicted octanol–water partition coefficient (Wildman–Crippen LogP) is 2.91. The van der Waals surface area contributed by atoms with Crippen LogP contribution < -0.4 is 24.8 Å². The zero-order chi connectivity index (χ0) is 20.4. The van der Waals surface area contributed by atoms with Gasteiger partial charge in [-0.25, -0.2) is 0 Å². The van der Waals surface area contributed by atoms with Gasteiger partial charge in [0.15, 0.2) is 5.96 Å². The number of ether oxygens (including phenoxy) is 3. The topological polar surface area (TPSA) is 67.4 Å². The SMILES string of the molecule is CCNC(=NCC1CCCN1CC)NCCc1c(OC)cc(OC)cc1OC.I. The highest BCUT2D eigenvalue weighted by atomic mass is 127. The summed E-state index contributed by atoms with van der Waals surface area (Å²) in [6.07, 6.45) is 3.26. The van der Waals surface area contributed by atoms with Crippen molar-refractivity contribution < 1.29 is 14.2 Å². The summed E-state index contributed by atoms with van der Waals surface area (Å²) in [5.41, 5.74) is 1.02. The molecular formula is C21H37IN4O3. The van der Waals surface area contributed by atoms with Crippen molar-refractivity contribution in [2.24, 2.45) is 4.99 Å². The molecule has 29 heavy (non-hydrogen) atoms. The molecule has 7 nitrogen and oxygen atoms in total. The largest absolute Gasteiger partial charge is 0.496 e. The van der Waals surface area contributed by atoms with Gasteiger partial charge in [0.1, 0.15) is 17.2 Å². The number of aliphatic imine (C=N–C) groups is 1. The molecule has 1 aromatic carbocycles. The van der Waals surface area contributed by atoms with Crippen LogP contribution in [0.25, 0.3) is 0 Å². The summed E-state index contributed by atoms with van der Waals surface area (Å²) in [5, 5.41) is 6.77. The summed E-state index contributed by atoms with van der Waals surface area (Å²) in [6, 6.07) is 4.33. The second-order valence-corrected chi connectivity index (χ2v) is 6.83. The Bertz CT molecular complexity index is 617. The van der Waals surface area contributed by atoms with Crippen molar-refractivity contribution in [2.45, 2.75) is 39.2 Å². The fourth-order valence-corrected chi connectivity index (χ4v) is 3.69. The molecule has 1 heterocycles. The number of benzene rings is 1. The molecule has 2 N–H and O–H groups in total. The van der Waals surface area contributed by atoms with E-state index in [9.17, 15) is 0 Å². The molecule has 0 saturated carbocycles. The third-order valence-electron chi connectivity index (χ3n) is 5.19. The average molecular weight is 520 g/mol. The Morgan fingerprint density at radius 3 is 2.34 bits per heavy atom. The van der Waals surface area contributed by atoms with E-state index in [1.54, 1.807) is 21.3 Å². The Balaban J connectivity index is 0.00000420. The van der Waals surface area contributed by atoms with E-state index in [1.165, 1.54) is 19.4 Å². The van der Waals surface area contributed by atoms with Crippen LogP contribution in [0.4, 0.5) is 0 Å². The van der Waals surface area contributed by atoms with Gasteiger partial charge in [0.05, 0.1) is 27.9 Å². The van der Waals surface area contributed by atoms with E-state index in [-0.39, 0.29) is 24.0 Å². The van der Waals surface area contributed by atoms with Crippen LogP contribution in [-0.2, 0) is 6.42 Å². The summed E-state index contributed by atoms with van der Waals surface area (Å²) in [5.74, 6) is 3.11. The van der Waals surface area contributed by atoms with Crippen molar-refractivity contribution in [3.8, 4) is 17.2 Å². The number of likely N-dealkylation sites (N-methyl/N-ethyl adjacent to an activating group) is 1. The summed E-state index contributed by atoms with van der Waals surface area (Å²) in [6.45, 7) is 9.00. The Labute approximate surface area is 192 Å². The second kappa shape index (κ2) is 13.7. The molecule has 0 aliphatic carbocycles. The first kappa shape index (κ1) is 25.6. The van der Waals surface area contributed by atoms with Crippen molar-refractivity contribution >= 4 is 29.9 Å². The van der Waals surface area contributed by atoms with Crippen molar-refractivity contribution in [1.82, 2.24) is 15.5 Å². The predicted molar refractivity (Wildman–Crippen MR) is 129 cm³/mol. The molecule has 1 aliphatic rings. The van der Waals surface area contributed by atoms with Crippen LogP contribution in [0.3, 0.4) is 0 Å². The molecule has 0 spiro atoms. The van der Waals surface area contributed by atoms with E-state index in [0.717, 1.165) is 61.4 Å². The summed E-state index contributed by atoms with van der Waals surface area (Å²) in [7, 11) is 4.97. The normalized spacial score (nSPS) is 16.9. The maximum atomic E-state index is 5.54. The first-order chi connectivity index (χ1) is 13.7. The molecule has 1 fully saturated rings. The van der Waals surface area contributed by atoms with Gasteiger partial charge in [-0.15, -0.1) is 24.0 Å². The van der Waals surface area contributed by atoms with Crippen LogP contribution in [0.2, 0.25) is 0 Å². The van der Waals surface area contributed by atoms with E-state index in [2.05, 4.69) is 29.4 Å². The van der Waals surface area contributed by atoms with Gasteiger partial charge in [0, 0.05) is 36.8 Å². The molecular weight excluding hydrogens is 483 g/mol. The summed E-state index contributed by atoms with van der Waals surface area (Å²) < 4.78 is 16.4. The first-order valence-electron chi connectivity index (χ1n) is 10.2. The van der Waals surface area contributed by atoms with E-state index < -0.39 is 0 Å². The molecule has 1 aromatic rings. The molecule has 0 aromatic heterocycles. The molecule has 0 bridgehead atoms. The second-order valence-electron chi connectivity index (χ2n) is 6.83. The Morgan fingerprint density at radius 2 is 1.79 bits per heavy atom. The van der Waals surface area contributed by atoms with Gasteiger partial charge in [0.25, 0.3) is 0 Å². The van der Waals surface area contributed by atoms with Crippen LogP contribution in [0.15, 0.2) is 17.1 Å². The monoisotopic (exact) mass is 520 g/mol. The lowest BCUT2D eigenvalue weighted by atomic mass is 10.1. The van der Waals surface area contributed by atoms with Gasteiger partial charge in [0.2, 0.25) is 0 Å². The van der Waals surface area contributed by atoms with Crippen LogP contribution in [0, 0.1) is 0 Å². The zero-order valence-electron chi connectivity index (χ0n) is 18.4. The number of nitrogens with one attached hydrogen (secondary N) is 2. The van der Waals surface area contributed by atoms with Crippen molar-refractivity contribution in [3.05, 3.63) is 17.7 Å². The first-order valence-corrected chi connectivity index (χ1v) is 10.2. The molecule has 0 radical (unpaired) electrons. The fourth-order valence-electron chi connectivity index (χ4n) is 3.69. The Hall–Kier alpha value is -1.42.